The Balaban J connectivity index is 1.54. The van der Waals surface area contributed by atoms with Crippen LogP contribution >= 0.6 is 23.2 Å². The average molecular weight is 516 g/mol. The Morgan fingerprint density at radius 2 is 1.68 bits per heavy atom. The lowest BCUT2D eigenvalue weighted by Crippen LogP contribution is -2.22. The second-order valence-electron chi connectivity index (χ2n) is 6.96. The highest BCUT2D eigenvalue weighted by Gasteiger charge is 2.18. The van der Waals surface area contributed by atoms with Gasteiger partial charge in [-0.1, -0.05) is 35.3 Å². The number of hydrazone groups is 1. The molecule has 0 aliphatic heterocycles. The molecule has 3 aromatic carbocycles. The number of rotatable bonds is 6. The third-order valence-electron chi connectivity index (χ3n) is 4.67. The van der Waals surface area contributed by atoms with Crippen molar-refractivity contribution in [1.82, 2.24) is 5.43 Å². The Labute approximate surface area is 203 Å². The Morgan fingerprint density at radius 3 is 2.44 bits per heavy atom. The molecule has 0 aliphatic rings. The zero-order valence-electron chi connectivity index (χ0n) is 17.2. The number of benzene rings is 3. The summed E-state index contributed by atoms with van der Waals surface area (Å²) in [4.78, 5) is 25.2. The molecular weight excluding hydrogens is 501 g/mol. The van der Waals surface area contributed by atoms with E-state index >= 15 is 0 Å². The highest BCUT2D eigenvalue weighted by atomic mass is 35.5. The first-order valence-electron chi connectivity index (χ1n) is 9.66. The van der Waals surface area contributed by atoms with Gasteiger partial charge in [-0.05, 0) is 54.6 Å². The number of hydrogen-bond donors (Lipinski definition) is 2. The summed E-state index contributed by atoms with van der Waals surface area (Å²) >= 11 is 11.8. The lowest BCUT2D eigenvalue weighted by atomic mass is 10.2. The molecule has 4 aromatic rings. The van der Waals surface area contributed by atoms with Crippen molar-refractivity contribution < 1.29 is 17.6 Å². The Morgan fingerprint density at radius 1 is 0.971 bits per heavy atom. The van der Waals surface area contributed by atoms with Crippen LogP contribution in [0.1, 0.15) is 15.9 Å². The van der Waals surface area contributed by atoms with Crippen molar-refractivity contribution in [3.63, 3.8) is 0 Å². The lowest BCUT2D eigenvalue weighted by molar-refractivity contribution is 0.0956. The van der Waals surface area contributed by atoms with E-state index in [0.717, 1.165) is 6.21 Å². The molecule has 0 aliphatic carbocycles. The number of para-hydroxylation sites is 1. The number of carbonyl (C=O) groups is 1. The van der Waals surface area contributed by atoms with E-state index in [2.05, 4.69) is 15.2 Å². The van der Waals surface area contributed by atoms with Crippen LogP contribution in [0.2, 0.25) is 10.0 Å². The summed E-state index contributed by atoms with van der Waals surface area (Å²) in [6.07, 6.45) is 2.34. The van der Waals surface area contributed by atoms with Crippen LogP contribution < -0.4 is 15.6 Å². The van der Waals surface area contributed by atoms with E-state index in [1.54, 1.807) is 24.3 Å². The van der Waals surface area contributed by atoms with Gasteiger partial charge < -0.3 is 4.42 Å². The number of carbonyl (C=O) groups excluding carboxylic acids is 1. The fourth-order valence-corrected chi connectivity index (χ4v) is 4.39. The van der Waals surface area contributed by atoms with Crippen LogP contribution in [0.25, 0.3) is 11.0 Å². The molecule has 0 spiro atoms. The number of fused-ring (bicyclic) bond motifs is 1. The summed E-state index contributed by atoms with van der Waals surface area (Å²) in [7, 11) is -3.97. The fourth-order valence-electron chi connectivity index (χ4n) is 3.02. The first-order chi connectivity index (χ1) is 16.2. The molecule has 34 heavy (non-hydrogen) atoms. The number of amides is 1. The van der Waals surface area contributed by atoms with Gasteiger partial charge in [-0.2, -0.15) is 5.10 Å². The van der Waals surface area contributed by atoms with Crippen LogP contribution in [0, 0.1) is 0 Å². The normalized spacial score (nSPS) is 11.6. The van der Waals surface area contributed by atoms with Crippen molar-refractivity contribution in [1.29, 1.82) is 0 Å². The van der Waals surface area contributed by atoms with E-state index in [4.69, 9.17) is 27.6 Å². The maximum absolute atomic E-state index is 12.7. The first kappa shape index (κ1) is 23.5. The number of halogens is 2. The summed E-state index contributed by atoms with van der Waals surface area (Å²) in [5.41, 5.74) is 2.42. The van der Waals surface area contributed by atoms with Gasteiger partial charge >= 0.3 is 0 Å². The maximum atomic E-state index is 12.7. The Kier molecular flexibility index (Phi) is 6.69. The summed E-state index contributed by atoms with van der Waals surface area (Å²) in [6, 6.07) is 16.2. The van der Waals surface area contributed by atoms with E-state index in [9.17, 15) is 18.0 Å². The van der Waals surface area contributed by atoms with Crippen LogP contribution in [-0.2, 0) is 10.0 Å². The van der Waals surface area contributed by atoms with E-state index in [0.29, 0.717) is 15.6 Å². The monoisotopic (exact) mass is 515 g/mol. The maximum Gasteiger partial charge on any atom is 0.273 e. The molecular formula is C23H15Cl2N3O5S. The lowest BCUT2D eigenvalue weighted by Gasteiger charge is -2.11. The quantitative estimate of drug-likeness (QED) is 0.286. The molecule has 4 rings (SSSR count). The Hall–Kier alpha value is -3.66. The first-order valence-corrected chi connectivity index (χ1v) is 11.9. The molecule has 0 atom stereocenters. The van der Waals surface area contributed by atoms with Crippen molar-refractivity contribution in [2.24, 2.45) is 5.10 Å². The van der Waals surface area contributed by atoms with E-state index < -0.39 is 15.9 Å². The van der Waals surface area contributed by atoms with Crippen LogP contribution in [0.5, 0.6) is 0 Å². The third-order valence-corrected chi connectivity index (χ3v) is 6.54. The van der Waals surface area contributed by atoms with E-state index in [-0.39, 0.29) is 32.5 Å². The van der Waals surface area contributed by atoms with Crippen molar-refractivity contribution in [3.8, 4) is 0 Å². The van der Waals surface area contributed by atoms with E-state index in [1.807, 2.05) is 0 Å². The van der Waals surface area contributed by atoms with Crippen LogP contribution in [-0.4, -0.2) is 20.5 Å². The molecule has 0 radical (unpaired) electrons. The molecule has 0 saturated carbocycles. The van der Waals surface area contributed by atoms with Crippen LogP contribution in [0.15, 0.2) is 92.2 Å². The van der Waals surface area contributed by atoms with Crippen molar-refractivity contribution in [3.05, 3.63) is 104 Å². The van der Waals surface area contributed by atoms with Gasteiger partial charge in [0, 0.05) is 10.0 Å². The molecule has 1 amide bonds. The summed E-state index contributed by atoms with van der Waals surface area (Å²) in [6.45, 7) is 0. The zero-order chi connectivity index (χ0) is 24.3. The molecule has 172 valence electrons. The predicted octanol–water partition coefficient (Wildman–Crippen LogP) is 4.66. The Bertz CT molecular complexity index is 1580. The standard InChI is InChI=1S/C23H15Cl2N3O5S/c24-15-5-8-17(9-6-15)34(31,32)28-20-4-2-1-3-18(20)23(30)27-26-12-14-13-33-21-10-7-16(25)11-19(21)22(14)29/h1-13,28H,(H,27,30). The molecule has 11 heteroatoms. The average Bonchev–Trinajstić information content (AvgIpc) is 2.81. The van der Waals surface area contributed by atoms with Gasteiger partial charge in [-0.3, -0.25) is 14.3 Å². The van der Waals surface area contributed by atoms with Gasteiger partial charge in [-0.25, -0.2) is 13.8 Å². The minimum absolute atomic E-state index is 0.0201. The minimum atomic E-state index is -3.97. The molecule has 0 unspecified atom stereocenters. The van der Waals surface area contributed by atoms with Crippen molar-refractivity contribution in [2.75, 3.05) is 4.72 Å². The topological polar surface area (TPSA) is 118 Å². The molecule has 8 nitrogen and oxygen atoms in total. The van der Waals surface area contributed by atoms with Gasteiger partial charge in [0.2, 0.25) is 5.43 Å². The highest BCUT2D eigenvalue weighted by Crippen LogP contribution is 2.21. The smallest absolute Gasteiger partial charge is 0.273 e. The third kappa shape index (κ3) is 5.12. The summed E-state index contributed by atoms with van der Waals surface area (Å²) in [5, 5.41) is 4.84. The molecule has 1 heterocycles. The van der Waals surface area contributed by atoms with Crippen molar-refractivity contribution in [2.45, 2.75) is 4.90 Å². The molecule has 1 aromatic heterocycles. The molecule has 0 saturated heterocycles. The van der Waals surface area contributed by atoms with Gasteiger partial charge in [-0.15, -0.1) is 0 Å². The second-order valence-corrected chi connectivity index (χ2v) is 9.52. The fraction of sp³-hybridized carbons (Fsp3) is 0. The number of hydrogen-bond acceptors (Lipinski definition) is 6. The summed E-state index contributed by atoms with van der Waals surface area (Å²) < 4.78 is 33.2. The number of sulfonamides is 1. The van der Waals surface area contributed by atoms with Gasteiger partial charge in [0.1, 0.15) is 11.8 Å². The summed E-state index contributed by atoms with van der Waals surface area (Å²) in [5.74, 6) is -0.695. The molecule has 0 fully saturated rings. The minimum Gasteiger partial charge on any atom is -0.463 e. The second kappa shape index (κ2) is 9.68. The van der Waals surface area contributed by atoms with Gasteiger partial charge in [0.25, 0.3) is 15.9 Å². The number of nitrogens with zero attached hydrogens (tertiary/aromatic N) is 1. The number of anilines is 1. The van der Waals surface area contributed by atoms with Crippen molar-refractivity contribution >= 4 is 62.0 Å². The molecule has 0 bridgehead atoms. The number of nitrogens with one attached hydrogen (secondary N) is 2. The largest absolute Gasteiger partial charge is 0.463 e. The SMILES string of the molecule is O=C(NN=Cc1coc2ccc(Cl)cc2c1=O)c1ccccc1NS(=O)(=O)c1ccc(Cl)cc1. The van der Waals surface area contributed by atoms with E-state index in [1.165, 1.54) is 48.7 Å². The zero-order valence-corrected chi connectivity index (χ0v) is 19.5. The van der Waals surface area contributed by atoms with Gasteiger partial charge in [0.05, 0.1) is 33.3 Å². The predicted molar refractivity (Wildman–Crippen MR) is 131 cm³/mol. The van der Waals surface area contributed by atoms with Crippen LogP contribution in [0.3, 0.4) is 0 Å². The van der Waals surface area contributed by atoms with Gasteiger partial charge in [0.15, 0.2) is 0 Å². The van der Waals surface area contributed by atoms with Crippen LogP contribution in [0.4, 0.5) is 5.69 Å². The molecule has 2 N–H and O–H groups in total. The highest BCUT2D eigenvalue weighted by molar-refractivity contribution is 7.92.